The number of rotatable bonds is 9. The maximum absolute atomic E-state index is 12.3. The van der Waals surface area contributed by atoms with Gasteiger partial charge in [0.1, 0.15) is 6.04 Å². The minimum Gasteiger partial charge on any atom is -0.504 e. The molecule has 0 heterocycles. The Balaban J connectivity index is 1.85. The summed E-state index contributed by atoms with van der Waals surface area (Å²) in [5.41, 5.74) is 5.03. The summed E-state index contributed by atoms with van der Waals surface area (Å²) in [5, 5.41) is 61.4. The number of primary amides is 1. The van der Waals surface area contributed by atoms with Crippen molar-refractivity contribution < 1.29 is 45.0 Å². The molecule has 12 nitrogen and oxygen atoms in total. The lowest BCUT2D eigenvalue weighted by Gasteiger charge is -2.16. The van der Waals surface area contributed by atoms with Crippen molar-refractivity contribution in [3.05, 3.63) is 35.4 Å². The zero-order valence-corrected chi connectivity index (χ0v) is 16.7. The average molecular weight is 449 g/mol. The number of phenols is 6. The van der Waals surface area contributed by atoms with E-state index < -0.39 is 58.3 Å². The van der Waals surface area contributed by atoms with E-state index in [0.717, 1.165) is 24.3 Å². The number of aromatic hydroxyl groups is 6. The molecule has 0 fully saturated rings. The summed E-state index contributed by atoms with van der Waals surface area (Å²) in [6.45, 7) is 0.167. The van der Waals surface area contributed by atoms with Gasteiger partial charge in [-0.05, 0) is 43.5 Å². The summed E-state index contributed by atoms with van der Waals surface area (Å²) >= 11 is 0. The molecule has 0 saturated carbocycles. The van der Waals surface area contributed by atoms with Gasteiger partial charge in [-0.25, -0.2) is 0 Å². The van der Waals surface area contributed by atoms with Gasteiger partial charge in [0.15, 0.2) is 34.5 Å². The largest absolute Gasteiger partial charge is 0.504 e. The first-order valence-electron chi connectivity index (χ1n) is 9.39. The van der Waals surface area contributed by atoms with Crippen LogP contribution in [0.1, 0.15) is 40.0 Å². The Morgan fingerprint density at radius 1 is 0.750 bits per heavy atom. The molecule has 0 aliphatic carbocycles. The van der Waals surface area contributed by atoms with Crippen LogP contribution in [0.2, 0.25) is 0 Å². The molecule has 0 aromatic heterocycles. The van der Waals surface area contributed by atoms with Crippen LogP contribution in [0.15, 0.2) is 24.3 Å². The van der Waals surface area contributed by atoms with Crippen molar-refractivity contribution >= 4 is 17.7 Å². The second kappa shape index (κ2) is 10.1. The van der Waals surface area contributed by atoms with Gasteiger partial charge in [-0.3, -0.25) is 14.4 Å². The Bertz CT molecular complexity index is 993. The van der Waals surface area contributed by atoms with Gasteiger partial charge in [0, 0.05) is 17.7 Å². The first-order valence-corrected chi connectivity index (χ1v) is 9.39. The molecule has 10 N–H and O–H groups in total. The Labute approximate surface area is 181 Å². The number of unbranched alkanes of at least 4 members (excludes halogenated alkanes) is 1. The highest BCUT2D eigenvalue weighted by Crippen LogP contribution is 2.36. The molecule has 2 rings (SSSR count). The minimum absolute atomic E-state index is 0.0690. The van der Waals surface area contributed by atoms with Crippen LogP contribution in [0.25, 0.3) is 0 Å². The summed E-state index contributed by atoms with van der Waals surface area (Å²) < 4.78 is 0. The van der Waals surface area contributed by atoms with Gasteiger partial charge >= 0.3 is 0 Å². The molecule has 32 heavy (non-hydrogen) atoms. The second-order valence-corrected chi connectivity index (χ2v) is 6.91. The van der Waals surface area contributed by atoms with E-state index in [0.29, 0.717) is 12.8 Å². The van der Waals surface area contributed by atoms with Crippen molar-refractivity contribution in [3.63, 3.8) is 0 Å². The second-order valence-electron chi connectivity index (χ2n) is 6.91. The molecule has 0 spiro atoms. The van der Waals surface area contributed by atoms with E-state index in [2.05, 4.69) is 10.6 Å². The van der Waals surface area contributed by atoms with Crippen LogP contribution >= 0.6 is 0 Å². The van der Waals surface area contributed by atoms with Crippen molar-refractivity contribution in [1.82, 2.24) is 10.6 Å². The third-order valence-corrected chi connectivity index (χ3v) is 4.52. The fraction of sp³-hybridized carbons (Fsp3) is 0.250. The van der Waals surface area contributed by atoms with Crippen LogP contribution in [0.3, 0.4) is 0 Å². The molecular formula is C20H23N3O9. The van der Waals surface area contributed by atoms with E-state index >= 15 is 0 Å². The van der Waals surface area contributed by atoms with Gasteiger partial charge in [0.25, 0.3) is 11.8 Å². The minimum atomic E-state index is -1.07. The van der Waals surface area contributed by atoms with E-state index in [4.69, 9.17) is 5.73 Å². The molecule has 0 aliphatic heterocycles. The molecule has 1 atom stereocenters. The van der Waals surface area contributed by atoms with Gasteiger partial charge in [-0.1, -0.05) is 0 Å². The van der Waals surface area contributed by atoms with E-state index in [-0.39, 0.29) is 24.1 Å². The van der Waals surface area contributed by atoms with Gasteiger partial charge in [-0.15, -0.1) is 0 Å². The zero-order chi connectivity index (χ0) is 24.0. The quantitative estimate of drug-likeness (QED) is 0.187. The lowest BCUT2D eigenvalue weighted by molar-refractivity contribution is -0.120. The van der Waals surface area contributed by atoms with Crippen LogP contribution in [0.5, 0.6) is 34.5 Å². The standard InChI is InChI=1S/C20H23N3O9/c21-18(30)11(23-20(32)10-7-14(26)17(29)15(27)8-10)3-1-2-4-22-19(31)9-5-12(24)16(28)13(25)6-9/h5-8,11,24-29H,1-4H2,(H2,21,30)(H,22,31)(H,23,32)/t11-/m1/s1. The van der Waals surface area contributed by atoms with Crippen LogP contribution in [-0.2, 0) is 4.79 Å². The topological polar surface area (TPSA) is 223 Å². The molecule has 12 heteroatoms. The predicted octanol–water partition coefficient (Wildman–Crippen LogP) is 0.104. The molecular weight excluding hydrogens is 426 g/mol. The van der Waals surface area contributed by atoms with Gasteiger partial charge < -0.3 is 47.0 Å². The molecule has 2 aromatic carbocycles. The normalized spacial score (nSPS) is 11.5. The van der Waals surface area contributed by atoms with Crippen LogP contribution in [0, 0.1) is 0 Å². The Hall–Kier alpha value is -4.35. The summed E-state index contributed by atoms with van der Waals surface area (Å²) in [6.07, 6.45) is 0.891. The number of hydrogen-bond donors (Lipinski definition) is 9. The van der Waals surface area contributed by atoms with Gasteiger partial charge in [0.2, 0.25) is 5.91 Å². The molecule has 0 aliphatic rings. The first kappa shape index (κ1) is 23.9. The van der Waals surface area contributed by atoms with E-state index in [1.54, 1.807) is 0 Å². The lowest BCUT2D eigenvalue weighted by Crippen LogP contribution is -2.44. The van der Waals surface area contributed by atoms with Crippen molar-refractivity contribution in [1.29, 1.82) is 0 Å². The smallest absolute Gasteiger partial charge is 0.252 e. The number of hydrogen-bond acceptors (Lipinski definition) is 9. The molecule has 172 valence electrons. The van der Waals surface area contributed by atoms with Crippen LogP contribution < -0.4 is 16.4 Å². The van der Waals surface area contributed by atoms with Crippen molar-refractivity contribution in [2.45, 2.75) is 25.3 Å². The molecule has 0 saturated heterocycles. The van der Waals surface area contributed by atoms with Gasteiger partial charge in [-0.2, -0.15) is 0 Å². The van der Waals surface area contributed by atoms with Crippen LogP contribution in [-0.4, -0.2) is 60.9 Å². The number of amides is 3. The molecule has 2 aromatic rings. The maximum Gasteiger partial charge on any atom is 0.252 e. The van der Waals surface area contributed by atoms with E-state index in [1.165, 1.54) is 0 Å². The van der Waals surface area contributed by atoms with E-state index in [9.17, 15) is 45.0 Å². The van der Waals surface area contributed by atoms with E-state index in [1.807, 2.05) is 0 Å². The maximum atomic E-state index is 12.3. The Kier molecular flexibility index (Phi) is 7.56. The summed E-state index contributed by atoms with van der Waals surface area (Å²) in [6, 6.07) is 2.74. The third kappa shape index (κ3) is 5.84. The molecule has 3 amide bonds. The molecule has 0 radical (unpaired) electrons. The number of nitrogens with two attached hydrogens (primary N) is 1. The Morgan fingerprint density at radius 3 is 1.62 bits per heavy atom. The highest BCUT2D eigenvalue weighted by molar-refractivity contribution is 5.98. The predicted molar refractivity (Wildman–Crippen MR) is 110 cm³/mol. The van der Waals surface area contributed by atoms with Crippen molar-refractivity contribution in [2.75, 3.05) is 6.54 Å². The summed E-state index contributed by atoms with van der Waals surface area (Å²) in [7, 11) is 0. The first-order chi connectivity index (χ1) is 15.0. The van der Waals surface area contributed by atoms with Crippen molar-refractivity contribution in [3.8, 4) is 34.5 Å². The number of nitrogens with one attached hydrogen (secondary N) is 2. The van der Waals surface area contributed by atoms with Crippen LogP contribution in [0.4, 0.5) is 0 Å². The highest BCUT2D eigenvalue weighted by Gasteiger charge is 2.21. The fourth-order valence-electron chi connectivity index (χ4n) is 2.78. The zero-order valence-electron chi connectivity index (χ0n) is 16.7. The number of carbonyl (C=O) groups excluding carboxylic acids is 3. The summed E-state index contributed by atoms with van der Waals surface area (Å²) in [4.78, 5) is 35.9. The Morgan fingerprint density at radius 2 is 1.19 bits per heavy atom. The van der Waals surface area contributed by atoms with Crippen molar-refractivity contribution in [2.24, 2.45) is 5.73 Å². The monoisotopic (exact) mass is 449 g/mol. The molecule has 0 unspecified atom stereocenters. The molecule has 0 bridgehead atoms. The highest BCUT2D eigenvalue weighted by atomic mass is 16.3. The third-order valence-electron chi connectivity index (χ3n) is 4.52. The SMILES string of the molecule is NC(=O)[C@@H](CCCCNC(=O)c1cc(O)c(O)c(O)c1)NC(=O)c1cc(O)c(O)c(O)c1. The lowest BCUT2D eigenvalue weighted by atomic mass is 10.1. The van der Waals surface area contributed by atoms with Gasteiger partial charge in [0.05, 0.1) is 0 Å². The fourth-order valence-corrected chi connectivity index (χ4v) is 2.78. The average Bonchev–Trinajstić information content (AvgIpc) is 2.73. The summed E-state index contributed by atoms with van der Waals surface area (Å²) in [5.74, 6) is -6.47. The number of benzene rings is 2. The number of carbonyl (C=O) groups is 3. The number of phenolic OH excluding ortho intramolecular Hbond substituents is 6.